The first-order chi connectivity index (χ1) is 16.9. The number of nitrogens with zero attached hydrogens (tertiary/aromatic N) is 4. The van der Waals surface area contributed by atoms with Gasteiger partial charge < -0.3 is 4.57 Å². The standard InChI is InChI=1S/C27H16Cl2N4O2/c1-32-23-11-17(10-20-24(34)18-12-21(28)22(29)13-19(18)25(20)35)33(16-7-3-2-4-8-16)27(23)31-26(32)15-6-5-9-30-14-15/h2-14H,1H3. The van der Waals surface area contributed by atoms with Crippen molar-refractivity contribution in [3.63, 3.8) is 0 Å². The Balaban J connectivity index is 1.57. The first-order valence-electron chi connectivity index (χ1n) is 10.8. The number of imidazole rings is 1. The van der Waals surface area contributed by atoms with E-state index in [4.69, 9.17) is 28.2 Å². The van der Waals surface area contributed by atoms with E-state index in [1.165, 1.54) is 12.1 Å². The van der Waals surface area contributed by atoms with Crippen LogP contribution in [0.4, 0.5) is 0 Å². The van der Waals surface area contributed by atoms with Crippen LogP contribution in [0.3, 0.4) is 0 Å². The minimum Gasteiger partial charge on any atom is -0.326 e. The van der Waals surface area contributed by atoms with Crippen molar-refractivity contribution in [1.29, 1.82) is 0 Å². The summed E-state index contributed by atoms with van der Waals surface area (Å²) >= 11 is 12.2. The van der Waals surface area contributed by atoms with E-state index in [2.05, 4.69) is 4.98 Å². The van der Waals surface area contributed by atoms with Crippen molar-refractivity contribution in [2.45, 2.75) is 0 Å². The summed E-state index contributed by atoms with van der Waals surface area (Å²) in [7, 11) is 1.93. The van der Waals surface area contributed by atoms with E-state index in [-0.39, 0.29) is 38.3 Å². The Morgan fingerprint density at radius 2 is 1.57 bits per heavy atom. The number of aromatic nitrogens is 4. The van der Waals surface area contributed by atoms with E-state index in [1.54, 1.807) is 18.5 Å². The van der Waals surface area contributed by atoms with Crippen molar-refractivity contribution in [3.8, 4) is 17.1 Å². The van der Waals surface area contributed by atoms with Crippen LogP contribution in [-0.2, 0) is 7.05 Å². The summed E-state index contributed by atoms with van der Waals surface area (Å²) in [5.74, 6) is 0.00609. The molecule has 8 heteroatoms. The number of carbonyl (C=O) groups excluding carboxylic acids is 2. The average Bonchev–Trinajstić information content (AvgIpc) is 3.46. The van der Waals surface area contributed by atoms with E-state index in [0.29, 0.717) is 11.3 Å². The quantitative estimate of drug-likeness (QED) is 0.219. The van der Waals surface area contributed by atoms with E-state index in [1.807, 2.05) is 64.7 Å². The molecule has 0 spiro atoms. The molecule has 3 heterocycles. The molecule has 0 unspecified atom stereocenters. The summed E-state index contributed by atoms with van der Waals surface area (Å²) in [5, 5.41) is 0.469. The van der Waals surface area contributed by atoms with Crippen LogP contribution in [-0.4, -0.2) is 30.7 Å². The molecule has 6 rings (SSSR count). The third kappa shape index (κ3) is 3.33. The highest BCUT2D eigenvalue weighted by Crippen LogP contribution is 2.36. The zero-order valence-electron chi connectivity index (χ0n) is 18.4. The molecule has 6 nitrogen and oxygen atoms in total. The monoisotopic (exact) mass is 498 g/mol. The SMILES string of the molecule is Cn1c(-c2cccnc2)nc2c1cc(C=C1C(=O)c3cc(Cl)c(Cl)cc3C1=O)n2-c1ccccc1. The number of para-hydroxylation sites is 1. The lowest BCUT2D eigenvalue weighted by molar-refractivity contribution is 0.0990. The second kappa shape index (κ2) is 8.05. The smallest absolute Gasteiger partial charge is 0.197 e. The third-order valence-electron chi connectivity index (χ3n) is 6.14. The fraction of sp³-hybridized carbons (Fsp3) is 0.0370. The van der Waals surface area contributed by atoms with Gasteiger partial charge in [-0.2, -0.15) is 0 Å². The highest BCUT2D eigenvalue weighted by molar-refractivity contribution is 6.46. The summed E-state index contributed by atoms with van der Waals surface area (Å²) < 4.78 is 3.91. The maximum Gasteiger partial charge on any atom is 0.197 e. The van der Waals surface area contributed by atoms with Crippen LogP contribution in [0.5, 0.6) is 0 Å². The highest BCUT2D eigenvalue weighted by atomic mass is 35.5. The lowest BCUT2D eigenvalue weighted by Crippen LogP contribution is -2.03. The zero-order chi connectivity index (χ0) is 24.3. The Hall–Kier alpha value is -4.00. The number of ketones is 2. The van der Waals surface area contributed by atoms with E-state index < -0.39 is 0 Å². The number of hydrogen-bond acceptors (Lipinski definition) is 4. The van der Waals surface area contributed by atoms with Crippen molar-refractivity contribution in [2.75, 3.05) is 0 Å². The van der Waals surface area contributed by atoms with Crippen LogP contribution in [0, 0.1) is 0 Å². The molecular weight excluding hydrogens is 483 g/mol. The van der Waals surface area contributed by atoms with Gasteiger partial charge in [0.15, 0.2) is 17.2 Å². The van der Waals surface area contributed by atoms with E-state index >= 15 is 0 Å². The topological polar surface area (TPSA) is 69.8 Å². The molecule has 0 radical (unpaired) electrons. The fourth-order valence-corrected chi connectivity index (χ4v) is 4.78. The van der Waals surface area contributed by atoms with Gasteiger partial charge in [0.25, 0.3) is 0 Å². The molecule has 170 valence electrons. The lowest BCUT2D eigenvalue weighted by Gasteiger charge is -2.08. The number of pyridine rings is 1. The lowest BCUT2D eigenvalue weighted by atomic mass is 10.1. The van der Waals surface area contributed by atoms with Crippen molar-refractivity contribution in [1.82, 2.24) is 19.1 Å². The summed E-state index contributed by atoms with van der Waals surface area (Å²) in [6.45, 7) is 0. The summed E-state index contributed by atoms with van der Waals surface area (Å²) in [6, 6.07) is 18.3. The minimum absolute atomic E-state index is 0.0609. The number of Topliss-reactive ketones (excluding diaryl/α,β-unsaturated/α-hetero) is 2. The highest BCUT2D eigenvalue weighted by Gasteiger charge is 2.34. The third-order valence-corrected chi connectivity index (χ3v) is 6.86. The van der Waals surface area contributed by atoms with Crippen molar-refractivity contribution in [2.24, 2.45) is 7.05 Å². The van der Waals surface area contributed by atoms with Gasteiger partial charge in [-0.15, -0.1) is 0 Å². The number of halogens is 2. The molecule has 35 heavy (non-hydrogen) atoms. The van der Waals surface area contributed by atoms with Crippen LogP contribution in [0.2, 0.25) is 10.0 Å². The molecule has 1 aliphatic rings. The predicted octanol–water partition coefficient (Wildman–Crippen LogP) is 6.20. The first kappa shape index (κ1) is 21.5. The van der Waals surface area contributed by atoms with Gasteiger partial charge in [0.2, 0.25) is 0 Å². The fourth-order valence-electron chi connectivity index (χ4n) is 4.45. The van der Waals surface area contributed by atoms with E-state index in [9.17, 15) is 9.59 Å². The molecule has 0 bridgehead atoms. The summed E-state index contributed by atoms with van der Waals surface area (Å²) in [6.07, 6.45) is 5.10. The number of aryl methyl sites for hydroxylation is 1. The Bertz CT molecular complexity index is 1660. The molecule has 0 amide bonds. The van der Waals surface area contributed by atoms with Gasteiger partial charge in [0, 0.05) is 41.8 Å². The van der Waals surface area contributed by atoms with Crippen LogP contribution >= 0.6 is 23.2 Å². The van der Waals surface area contributed by atoms with Gasteiger partial charge in [-0.3, -0.25) is 19.1 Å². The zero-order valence-corrected chi connectivity index (χ0v) is 19.9. The van der Waals surface area contributed by atoms with Gasteiger partial charge in [-0.05, 0) is 48.5 Å². The van der Waals surface area contributed by atoms with Crippen molar-refractivity contribution < 1.29 is 9.59 Å². The molecule has 0 fully saturated rings. The maximum absolute atomic E-state index is 13.2. The number of fused-ring (bicyclic) bond motifs is 2. The first-order valence-corrected chi connectivity index (χ1v) is 11.5. The Morgan fingerprint density at radius 3 is 2.20 bits per heavy atom. The molecule has 0 saturated carbocycles. The molecule has 0 saturated heterocycles. The molecular formula is C27H16Cl2N4O2. The number of rotatable bonds is 3. The second-order valence-corrected chi connectivity index (χ2v) is 9.03. The Labute approximate surface area is 210 Å². The van der Waals surface area contributed by atoms with Gasteiger partial charge in [0.05, 0.1) is 26.8 Å². The number of carbonyl (C=O) groups is 2. The van der Waals surface area contributed by atoms with Gasteiger partial charge in [-0.25, -0.2) is 4.98 Å². The van der Waals surface area contributed by atoms with Gasteiger partial charge in [0.1, 0.15) is 5.82 Å². The van der Waals surface area contributed by atoms with E-state index in [0.717, 1.165) is 22.6 Å². The largest absolute Gasteiger partial charge is 0.326 e. The van der Waals surface area contributed by atoms with Crippen LogP contribution < -0.4 is 0 Å². The number of allylic oxidation sites excluding steroid dienone is 1. The second-order valence-electron chi connectivity index (χ2n) is 8.21. The number of benzene rings is 2. The van der Waals surface area contributed by atoms with Crippen LogP contribution in [0.25, 0.3) is 34.3 Å². The summed E-state index contributed by atoms with van der Waals surface area (Å²) in [4.78, 5) is 35.4. The maximum atomic E-state index is 13.2. The van der Waals surface area contributed by atoms with Crippen molar-refractivity contribution >= 4 is 52.0 Å². The Kier molecular flexibility index (Phi) is 4.95. The van der Waals surface area contributed by atoms with Gasteiger partial charge >= 0.3 is 0 Å². The molecule has 1 aliphatic carbocycles. The molecule has 0 N–H and O–H groups in total. The summed E-state index contributed by atoms with van der Waals surface area (Å²) in [5.41, 5.74) is 4.52. The van der Waals surface area contributed by atoms with Gasteiger partial charge in [-0.1, -0.05) is 41.4 Å². The Morgan fingerprint density at radius 1 is 0.886 bits per heavy atom. The molecule has 0 aliphatic heterocycles. The normalized spacial score (nSPS) is 13.1. The molecule has 2 aromatic carbocycles. The van der Waals surface area contributed by atoms with Crippen LogP contribution in [0.1, 0.15) is 26.4 Å². The average molecular weight is 499 g/mol. The van der Waals surface area contributed by atoms with Crippen LogP contribution in [0.15, 0.2) is 78.6 Å². The molecule has 5 aromatic rings. The molecule has 3 aromatic heterocycles. The molecule has 0 atom stereocenters. The number of hydrogen-bond donors (Lipinski definition) is 0. The van der Waals surface area contributed by atoms with Crippen molar-refractivity contribution in [3.05, 3.63) is 105 Å². The minimum atomic E-state index is -0.377. The predicted molar refractivity (Wildman–Crippen MR) is 136 cm³/mol.